The van der Waals surface area contributed by atoms with Crippen molar-refractivity contribution in [3.05, 3.63) is 29.8 Å². The monoisotopic (exact) mass is 275 g/mol. The van der Waals surface area contributed by atoms with Crippen molar-refractivity contribution in [2.24, 2.45) is 11.3 Å². The molecule has 0 unspecified atom stereocenters. The molecule has 0 amide bonds. The Morgan fingerprint density at radius 1 is 1.55 bits per heavy atom. The molecule has 0 bridgehead atoms. The van der Waals surface area contributed by atoms with E-state index in [0.717, 1.165) is 44.5 Å². The smallest absolute Gasteiger partial charge is 0.313 e. The largest absolute Gasteiger partial charge is 0.508 e. The molecule has 0 radical (unpaired) electrons. The standard InChI is InChI=1S/C16H21NO3/c1-20-15(19)16-7-3-5-13(16)10-17(11-16)9-12-4-2-6-14(18)8-12/h2,4,6,8,13,18H,3,5,7,9-11H2,1H3/t13-,16+/m0/s1. The van der Waals surface area contributed by atoms with Gasteiger partial charge in [0.15, 0.2) is 0 Å². The van der Waals surface area contributed by atoms with Gasteiger partial charge in [-0.2, -0.15) is 0 Å². The van der Waals surface area contributed by atoms with Crippen molar-refractivity contribution in [2.75, 3.05) is 20.2 Å². The Morgan fingerprint density at radius 3 is 3.15 bits per heavy atom. The first-order valence-corrected chi connectivity index (χ1v) is 7.23. The van der Waals surface area contributed by atoms with E-state index in [4.69, 9.17) is 4.74 Å². The molecular formula is C16H21NO3. The summed E-state index contributed by atoms with van der Waals surface area (Å²) in [6, 6.07) is 7.34. The molecule has 1 aliphatic heterocycles. The average molecular weight is 275 g/mol. The maximum atomic E-state index is 12.2. The number of ether oxygens (including phenoxy) is 1. The molecule has 2 aliphatic rings. The van der Waals surface area contributed by atoms with Crippen LogP contribution >= 0.6 is 0 Å². The van der Waals surface area contributed by atoms with E-state index in [2.05, 4.69) is 4.90 Å². The van der Waals surface area contributed by atoms with Gasteiger partial charge in [-0.05, 0) is 36.5 Å². The number of methoxy groups -OCH3 is 1. The second kappa shape index (κ2) is 5.09. The van der Waals surface area contributed by atoms with Crippen LogP contribution in [0.3, 0.4) is 0 Å². The summed E-state index contributed by atoms with van der Waals surface area (Å²) in [6.07, 6.45) is 3.19. The number of phenols is 1. The molecule has 4 heteroatoms. The lowest BCUT2D eigenvalue weighted by molar-refractivity contribution is -0.153. The van der Waals surface area contributed by atoms with Crippen molar-refractivity contribution in [3.8, 4) is 5.75 Å². The fourth-order valence-electron chi connectivity index (χ4n) is 3.96. The number of carbonyl (C=O) groups excluding carboxylic acids is 1. The fraction of sp³-hybridized carbons (Fsp3) is 0.562. The van der Waals surface area contributed by atoms with Crippen molar-refractivity contribution in [3.63, 3.8) is 0 Å². The maximum absolute atomic E-state index is 12.2. The normalized spacial score (nSPS) is 29.4. The summed E-state index contributed by atoms with van der Waals surface area (Å²) in [5, 5.41) is 9.53. The van der Waals surface area contributed by atoms with Crippen molar-refractivity contribution in [1.29, 1.82) is 0 Å². The van der Waals surface area contributed by atoms with Gasteiger partial charge in [-0.15, -0.1) is 0 Å². The van der Waals surface area contributed by atoms with Crippen molar-refractivity contribution >= 4 is 5.97 Å². The number of hydrogen-bond donors (Lipinski definition) is 1. The molecule has 2 atom stereocenters. The highest BCUT2D eigenvalue weighted by Crippen LogP contribution is 2.49. The molecule has 1 saturated heterocycles. The molecule has 0 spiro atoms. The molecule has 20 heavy (non-hydrogen) atoms. The van der Waals surface area contributed by atoms with Crippen LogP contribution in [0, 0.1) is 11.3 Å². The van der Waals surface area contributed by atoms with Crippen LogP contribution in [0.5, 0.6) is 5.75 Å². The number of benzene rings is 1. The second-order valence-electron chi connectivity index (χ2n) is 6.08. The molecule has 3 rings (SSSR count). The molecule has 1 saturated carbocycles. The van der Waals surface area contributed by atoms with Gasteiger partial charge in [0.2, 0.25) is 0 Å². The molecule has 1 N–H and O–H groups in total. The van der Waals surface area contributed by atoms with Crippen LogP contribution in [0.2, 0.25) is 0 Å². The molecular weight excluding hydrogens is 254 g/mol. The minimum Gasteiger partial charge on any atom is -0.508 e. The van der Waals surface area contributed by atoms with E-state index >= 15 is 0 Å². The van der Waals surface area contributed by atoms with Gasteiger partial charge in [0.1, 0.15) is 5.75 Å². The predicted molar refractivity (Wildman–Crippen MR) is 75.2 cm³/mol. The Labute approximate surface area is 119 Å². The van der Waals surface area contributed by atoms with Gasteiger partial charge in [-0.1, -0.05) is 18.6 Å². The van der Waals surface area contributed by atoms with E-state index < -0.39 is 0 Å². The molecule has 4 nitrogen and oxygen atoms in total. The third-order valence-electron chi connectivity index (χ3n) is 4.85. The second-order valence-corrected chi connectivity index (χ2v) is 6.08. The minimum atomic E-state index is -0.286. The van der Waals surface area contributed by atoms with Crippen LogP contribution < -0.4 is 0 Å². The molecule has 1 aromatic rings. The first-order valence-electron chi connectivity index (χ1n) is 7.23. The lowest BCUT2D eigenvalue weighted by Gasteiger charge is -2.25. The van der Waals surface area contributed by atoms with Crippen LogP contribution in [0.1, 0.15) is 24.8 Å². The third kappa shape index (κ3) is 2.18. The number of nitrogens with zero attached hydrogens (tertiary/aromatic N) is 1. The molecule has 2 fully saturated rings. The number of carbonyl (C=O) groups is 1. The maximum Gasteiger partial charge on any atom is 0.313 e. The number of fused-ring (bicyclic) bond motifs is 1. The van der Waals surface area contributed by atoms with Crippen LogP contribution in [0.25, 0.3) is 0 Å². The average Bonchev–Trinajstić information content (AvgIpc) is 2.95. The highest BCUT2D eigenvalue weighted by molar-refractivity contribution is 5.78. The summed E-state index contributed by atoms with van der Waals surface area (Å²) in [5.74, 6) is 0.676. The zero-order chi connectivity index (χ0) is 14.2. The van der Waals surface area contributed by atoms with Gasteiger partial charge in [-0.25, -0.2) is 0 Å². The van der Waals surface area contributed by atoms with E-state index in [1.807, 2.05) is 12.1 Å². The number of aromatic hydroxyl groups is 1. The fourth-order valence-corrected chi connectivity index (χ4v) is 3.96. The van der Waals surface area contributed by atoms with Gasteiger partial charge in [0.05, 0.1) is 12.5 Å². The summed E-state index contributed by atoms with van der Waals surface area (Å²) in [4.78, 5) is 14.5. The topological polar surface area (TPSA) is 49.8 Å². The highest BCUT2D eigenvalue weighted by atomic mass is 16.5. The first-order chi connectivity index (χ1) is 9.64. The Balaban J connectivity index is 1.74. The number of hydrogen-bond acceptors (Lipinski definition) is 4. The summed E-state index contributed by atoms with van der Waals surface area (Å²) >= 11 is 0. The Bertz CT molecular complexity index is 516. The van der Waals surface area contributed by atoms with Gasteiger partial charge in [-0.3, -0.25) is 9.69 Å². The predicted octanol–water partition coefficient (Wildman–Crippen LogP) is 2.17. The number of esters is 1. The molecule has 1 heterocycles. The molecule has 1 aromatic carbocycles. The van der Waals surface area contributed by atoms with Crippen molar-refractivity contribution in [2.45, 2.75) is 25.8 Å². The third-order valence-corrected chi connectivity index (χ3v) is 4.85. The number of likely N-dealkylation sites (tertiary alicyclic amines) is 1. The van der Waals surface area contributed by atoms with E-state index in [0.29, 0.717) is 11.7 Å². The quantitative estimate of drug-likeness (QED) is 0.859. The summed E-state index contributed by atoms with van der Waals surface area (Å²) in [6.45, 7) is 2.51. The van der Waals surface area contributed by atoms with Crippen LogP contribution in [0.4, 0.5) is 0 Å². The van der Waals surface area contributed by atoms with E-state index in [9.17, 15) is 9.90 Å². The van der Waals surface area contributed by atoms with Crippen LogP contribution in [0.15, 0.2) is 24.3 Å². The SMILES string of the molecule is COC(=O)[C@@]12CCC[C@H]1CN(Cc1cccc(O)c1)C2. The Hall–Kier alpha value is -1.55. The van der Waals surface area contributed by atoms with Gasteiger partial charge in [0.25, 0.3) is 0 Å². The Kier molecular flexibility index (Phi) is 3.42. The van der Waals surface area contributed by atoms with Gasteiger partial charge < -0.3 is 9.84 Å². The minimum absolute atomic E-state index is 0.0431. The first kappa shape index (κ1) is 13.4. The molecule has 0 aromatic heterocycles. The molecule has 108 valence electrons. The lowest BCUT2D eigenvalue weighted by atomic mass is 9.81. The number of phenolic OH excluding ortho intramolecular Hbond substituents is 1. The summed E-state index contributed by atoms with van der Waals surface area (Å²) in [5.41, 5.74) is 0.802. The van der Waals surface area contributed by atoms with E-state index in [1.165, 1.54) is 7.11 Å². The van der Waals surface area contributed by atoms with Crippen LogP contribution in [-0.2, 0) is 16.1 Å². The van der Waals surface area contributed by atoms with Crippen molar-refractivity contribution < 1.29 is 14.6 Å². The zero-order valence-electron chi connectivity index (χ0n) is 11.8. The zero-order valence-corrected chi connectivity index (χ0v) is 11.8. The lowest BCUT2D eigenvalue weighted by Crippen LogP contribution is -2.36. The van der Waals surface area contributed by atoms with Crippen molar-refractivity contribution in [1.82, 2.24) is 4.90 Å². The highest BCUT2D eigenvalue weighted by Gasteiger charge is 2.55. The molecule has 1 aliphatic carbocycles. The van der Waals surface area contributed by atoms with E-state index in [-0.39, 0.29) is 11.4 Å². The van der Waals surface area contributed by atoms with E-state index in [1.54, 1.807) is 12.1 Å². The van der Waals surface area contributed by atoms with Gasteiger partial charge >= 0.3 is 5.97 Å². The summed E-state index contributed by atoms with van der Waals surface area (Å²) < 4.78 is 5.05. The van der Waals surface area contributed by atoms with Gasteiger partial charge in [0, 0.05) is 19.6 Å². The summed E-state index contributed by atoms with van der Waals surface area (Å²) in [7, 11) is 1.49. The Morgan fingerprint density at radius 2 is 2.40 bits per heavy atom. The number of rotatable bonds is 3. The van der Waals surface area contributed by atoms with Crippen LogP contribution in [-0.4, -0.2) is 36.2 Å².